The van der Waals surface area contributed by atoms with Crippen LogP contribution in [0.25, 0.3) is 0 Å². The Morgan fingerprint density at radius 1 is 1.30 bits per heavy atom. The van der Waals surface area contributed by atoms with Crippen LogP contribution in [0.5, 0.6) is 0 Å². The number of alkyl halides is 2. The summed E-state index contributed by atoms with van der Waals surface area (Å²) in [5.74, 6) is -2.25. The van der Waals surface area contributed by atoms with Gasteiger partial charge in [-0.2, -0.15) is 0 Å². The van der Waals surface area contributed by atoms with E-state index >= 15 is 0 Å². The summed E-state index contributed by atoms with van der Waals surface area (Å²) in [6.45, 7) is 1.67. The molecule has 0 amide bonds. The van der Waals surface area contributed by atoms with Gasteiger partial charge in [0.1, 0.15) is 0 Å². The highest BCUT2D eigenvalue weighted by Crippen LogP contribution is 2.08. The minimum atomic E-state index is -2.88. The Balaban J connectivity index is 2.69. The number of esters is 1. The van der Waals surface area contributed by atoms with Gasteiger partial charge in [-0.1, -0.05) is 30.3 Å². The van der Waals surface area contributed by atoms with Crippen LogP contribution in [-0.4, -0.2) is 24.8 Å². The van der Waals surface area contributed by atoms with Gasteiger partial charge >= 0.3 is 5.97 Å². The van der Waals surface area contributed by atoms with Gasteiger partial charge in [-0.05, 0) is 12.5 Å². The molecule has 0 aromatic heterocycles. The van der Waals surface area contributed by atoms with Gasteiger partial charge in [0.05, 0.1) is 12.3 Å². The third kappa shape index (κ3) is 5.17. The topological polar surface area (TPSA) is 55.4 Å². The molecule has 0 spiro atoms. The third-order valence-electron chi connectivity index (χ3n) is 2.34. The van der Waals surface area contributed by atoms with E-state index in [1.807, 2.05) is 0 Å². The van der Waals surface area contributed by atoms with Gasteiger partial charge in [0.15, 0.2) is 0 Å². The minimum absolute atomic E-state index is 0.0138. The van der Waals surface area contributed by atoms with Crippen LogP contribution in [0.15, 0.2) is 42.1 Å². The molecular weight excluding hydrogens is 268 g/mol. The van der Waals surface area contributed by atoms with Crippen LogP contribution in [0.2, 0.25) is 0 Å². The van der Waals surface area contributed by atoms with Gasteiger partial charge in [-0.25, -0.2) is 13.6 Å². The normalized spacial score (nSPS) is 11.3. The number of ether oxygens (including phenoxy) is 1. The smallest absolute Gasteiger partial charge is 0.379 e. The molecule has 0 atom stereocenters. The van der Waals surface area contributed by atoms with Crippen LogP contribution in [0.1, 0.15) is 12.5 Å². The Labute approximate surface area is 115 Å². The predicted octanol–water partition coefficient (Wildman–Crippen LogP) is 2.06. The van der Waals surface area contributed by atoms with Crippen molar-refractivity contribution in [3.63, 3.8) is 0 Å². The number of hydrogen-bond acceptors (Lipinski definition) is 4. The van der Waals surface area contributed by atoms with Crippen LogP contribution in [-0.2, 0) is 20.9 Å². The molecule has 1 N–H and O–H groups in total. The summed E-state index contributed by atoms with van der Waals surface area (Å²) in [5, 5.41) is 2.45. The standard InChI is InChI=1S/C14H15F2NO3/c1-2-20-14(19)12(18)8-11(13(15)16)17-9-10-6-4-3-5-7-10/h3-8,13,17H,2,9H2,1H3/b11-8+. The van der Waals surface area contributed by atoms with Crippen LogP contribution < -0.4 is 5.32 Å². The van der Waals surface area contributed by atoms with E-state index < -0.39 is 23.9 Å². The highest BCUT2D eigenvalue weighted by Gasteiger charge is 2.18. The third-order valence-corrected chi connectivity index (χ3v) is 2.34. The maximum atomic E-state index is 12.8. The molecule has 0 saturated heterocycles. The van der Waals surface area contributed by atoms with E-state index in [0.717, 1.165) is 5.56 Å². The summed E-state index contributed by atoms with van der Waals surface area (Å²) < 4.78 is 30.0. The molecule has 1 rings (SSSR count). The maximum Gasteiger partial charge on any atom is 0.379 e. The molecule has 0 aliphatic rings. The number of carbonyl (C=O) groups excluding carboxylic acids is 2. The average molecular weight is 283 g/mol. The van der Waals surface area contributed by atoms with Gasteiger partial charge in [0, 0.05) is 12.6 Å². The van der Waals surface area contributed by atoms with Gasteiger partial charge < -0.3 is 10.1 Å². The zero-order valence-electron chi connectivity index (χ0n) is 10.9. The second kappa shape index (κ2) is 8.04. The summed E-state index contributed by atoms with van der Waals surface area (Å²) in [5.41, 5.74) is 0.175. The fourth-order valence-corrected chi connectivity index (χ4v) is 1.39. The van der Waals surface area contributed by atoms with Crippen molar-refractivity contribution in [3.05, 3.63) is 47.7 Å². The van der Waals surface area contributed by atoms with E-state index in [2.05, 4.69) is 10.1 Å². The molecule has 0 heterocycles. The van der Waals surface area contributed by atoms with Crippen LogP contribution in [0, 0.1) is 0 Å². The Bertz CT molecular complexity index is 486. The largest absolute Gasteiger partial charge is 0.460 e. The van der Waals surface area contributed by atoms with Crippen LogP contribution >= 0.6 is 0 Å². The fourth-order valence-electron chi connectivity index (χ4n) is 1.39. The van der Waals surface area contributed by atoms with E-state index in [4.69, 9.17) is 0 Å². The highest BCUT2D eigenvalue weighted by molar-refractivity contribution is 6.38. The van der Waals surface area contributed by atoms with Crippen LogP contribution in [0.3, 0.4) is 0 Å². The molecule has 0 saturated carbocycles. The highest BCUT2D eigenvalue weighted by atomic mass is 19.3. The van der Waals surface area contributed by atoms with Crippen molar-refractivity contribution in [1.82, 2.24) is 5.32 Å². The van der Waals surface area contributed by atoms with Crippen molar-refractivity contribution in [2.45, 2.75) is 19.9 Å². The summed E-state index contributed by atoms with van der Waals surface area (Å²) in [7, 11) is 0. The Morgan fingerprint density at radius 3 is 2.50 bits per heavy atom. The van der Waals surface area contributed by atoms with E-state index in [-0.39, 0.29) is 13.2 Å². The Kier molecular flexibility index (Phi) is 6.36. The van der Waals surface area contributed by atoms with Crippen molar-refractivity contribution in [3.8, 4) is 0 Å². The van der Waals surface area contributed by atoms with E-state index in [0.29, 0.717) is 6.08 Å². The van der Waals surface area contributed by atoms with Gasteiger partial charge in [-0.3, -0.25) is 4.79 Å². The Hall–Kier alpha value is -2.24. The SMILES string of the molecule is CCOC(=O)C(=O)/C=C(/NCc1ccccc1)C(F)F. The van der Waals surface area contributed by atoms with Gasteiger partial charge in [-0.15, -0.1) is 0 Å². The number of ketones is 1. The molecule has 0 radical (unpaired) electrons. The molecule has 0 aliphatic carbocycles. The molecule has 0 fully saturated rings. The first kappa shape index (κ1) is 15.8. The van der Waals surface area contributed by atoms with E-state index in [9.17, 15) is 18.4 Å². The molecule has 0 unspecified atom stereocenters. The van der Waals surface area contributed by atoms with E-state index in [1.165, 1.54) is 6.92 Å². The first-order chi connectivity index (χ1) is 9.54. The second-order valence-corrected chi connectivity index (χ2v) is 3.82. The Morgan fingerprint density at radius 2 is 1.95 bits per heavy atom. The number of nitrogens with one attached hydrogen (secondary N) is 1. The molecular formula is C14H15F2NO3. The van der Waals surface area contributed by atoms with Gasteiger partial charge in [0.25, 0.3) is 12.2 Å². The quantitative estimate of drug-likeness (QED) is 0.473. The number of halogens is 2. The first-order valence-corrected chi connectivity index (χ1v) is 6.03. The van der Waals surface area contributed by atoms with Crippen molar-refractivity contribution < 1.29 is 23.1 Å². The predicted molar refractivity (Wildman–Crippen MR) is 69.0 cm³/mol. The van der Waals surface area contributed by atoms with Crippen molar-refractivity contribution >= 4 is 11.8 Å². The maximum absolute atomic E-state index is 12.8. The fraction of sp³-hybridized carbons (Fsp3) is 0.286. The number of hydrogen-bond donors (Lipinski definition) is 1. The number of carbonyl (C=O) groups is 2. The molecule has 0 bridgehead atoms. The second-order valence-electron chi connectivity index (χ2n) is 3.82. The van der Waals surface area contributed by atoms with Crippen molar-refractivity contribution in [1.29, 1.82) is 0 Å². The molecule has 20 heavy (non-hydrogen) atoms. The molecule has 108 valence electrons. The molecule has 1 aromatic carbocycles. The zero-order valence-corrected chi connectivity index (χ0v) is 10.9. The van der Waals surface area contributed by atoms with E-state index in [1.54, 1.807) is 30.3 Å². The lowest BCUT2D eigenvalue weighted by atomic mass is 10.2. The molecule has 1 aromatic rings. The first-order valence-electron chi connectivity index (χ1n) is 6.03. The lowest BCUT2D eigenvalue weighted by Gasteiger charge is -2.10. The summed E-state index contributed by atoms with van der Waals surface area (Å²) >= 11 is 0. The van der Waals surface area contributed by atoms with Crippen molar-refractivity contribution in [2.75, 3.05) is 6.61 Å². The molecule has 6 heteroatoms. The van der Waals surface area contributed by atoms with Gasteiger partial charge in [0.2, 0.25) is 0 Å². The monoisotopic (exact) mass is 283 g/mol. The molecule has 0 aliphatic heterocycles. The average Bonchev–Trinajstić information content (AvgIpc) is 2.44. The van der Waals surface area contributed by atoms with Crippen LogP contribution in [0.4, 0.5) is 8.78 Å². The lowest BCUT2D eigenvalue weighted by Crippen LogP contribution is -2.23. The summed E-state index contributed by atoms with van der Waals surface area (Å²) in [4.78, 5) is 22.4. The lowest BCUT2D eigenvalue weighted by molar-refractivity contribution is -0.151. The summed E-state index contributed by atoms with van der Waals surface area (Å²) in [6, 6.07) is 8.85. The summed E-state index contributed by atoms with van der Waals surface area (Å²) in [6.07, 6.45) is -2.30. The number of benzene rings is 1. The minimum Gasteiger partial charge on any atom is -0.460 e. The molecule has 4 nitrogen and oxygen atoms in total. The number of allylic oxidation sites excluding steroid dienone is 1. The van der Waals surface area contributed by atoms with Crippen molar-refractivity contribution in [2.24, 2.45) is 0 Å². The number of rotatable bonds is 7. The zero-order chi connectivity index (χ0) is 15.0.